The van der Waals surface area contributed by atoms with Gasteiger partial charge in [-0.05, 0) is 6.07 Å². The van der Waals surface area contributed by atoms with E-state index in [1.807, 2.05) is 50.5 Å². The topological polar surface area (TPSA) is 34.0 Å². The first-order valence-corrected chi connectivity index (χ1v) is 5.13. The molecule has 0 amide bonds. The van der Waals surface area contributed by atoms with Gasteiger partial charge in [-0.3, -0.25) is 0 Å². The van der Waals surface area contributed by atoms with Crippen molar-refractivity contribution in [3.05, 3.63) is 18.6 Å². The number of anilines is 1. The largest absolute Gasteiger partial charge is 0.376 e. The average molecular weight is 206 g/mol. The summed E-state index contributed by atoms with van der Waals surface area (Å²) in [5.41, 5.74) is 2.98. The van der Waals surface area contributed by atoms with E-state index in [-0.39, 0.29) is 0 Å². The van der Waals surface area contributed by atoms with Crippen LogP contribution in [0.5, 0.6) is 0 Å². The van der Waals surface area contributed by atoms with Crippen LogP contribution < -0.4 is 4.90 Å². The van der Waals surface area contributed by atoms with Crippen molar-refractivity contribution >= 4 is 16.9 Å². The molecular weight excluding hydrogens is 188 g/mol. The van der Waals surface area contributed by atoms with Gasteiger partial charge in [0.15, 0.2) is 5.65 Å². The quantitative estimate of drug-likeness (QED) is 0.716. The normalized spacial score (nSPS) is 9.67. The third kappa shape index (κ3) is 2.09. The molecule has 2 aromatic heterocycles. The summed E-state index contributed by atoms with van der Waals surface area (Å²) in [6, 6.07) is 1.97. The molecule has 0 radical (unpaired) electrons. The van der Waals surface area contributed by atoms with Crippen molar-refractivity contribution in [1.29, 1.82) is 0 Å². The first kappa shape index (κ1) is 11.5. The predicted octanol–water partition coefficient (Wildman–Crippen LogP) is 2.06. The van der Waals surface area contributed by atoms with Gasteiger partial charge in [-0.2, -0.15) is 0 Å². The van der Waals surface area contributed by atoms with Crippen LogP contribution in [-0.4, -0.2) is 28.6 Å². The van der Waals surface area contributed by atoms with Crippen LogP contribution in [0.2, 0.25) is 0 Å². The van der Waals surface area contributed by atoms with Gasteiger partial charge in [0, 0.05) is 27.3 Å². The number of imidazole rings is 1. The Bertz CT molecular complexity index is 431. The van der Waals surface area contributed by atoms with Crippen LogP contribution in [0.4, 0.5) is 5.69 Å². The van der Waals surface area contributed by atoms with Crippen LogP contribution in [0, 0.1) is 0 Å². The molecule has 0 spiro atoms. The van der Waals surface area contributed by atoms with Crippen molar-refractivity contribution in [2.24, 2.45) is 7.05 Å². The van der Waals surface area contributed by atoms with E-state index in [1.54, 1.807) is 12.5 Å². The van der Waals surface area contributed by atoms with E-state index in [1.165, 1.54) is 0 Å². The molecule has 0 saturated carbocycles. The highest BCUT2D eigenvalue weighted by Crippen LogP contribution is 2.20. The molecule has 0 bridgehead atoms. The lowest BCUT2D eigenvalue weighted by atomic mass is 10.3. The van der Waals surface area contributed by atoms with Crippen molar-refractivity contribution < 1.29 is 0 Å². The van der Waals surface area contributed by atoms with E-state index in [0.29, 0.717) is 0 Å². The lowest BCUT2D eigenvalue weighted by Gasteiger charge is -2.11. The number of rotatable bonds is 1. The van der Waals surface area contributed by atoms with E-state index in [2.05, 4.69) is 9.97 Å². The van der Waals surface area contributed by atoms with Gasteiger partial charge in [0.2, 0.25) is 0 Å². The first-order chi connectivity index (χ1) is 7.20. The zero-order valence-corrected chi connectivity index (χ0v) is 10.0. The van der Waals surface area contributed by atoms with E-state index < -0.39 is 0 Å². The second-order valence-electron chi connectivity index (χ2n) is 3.25. The summed E-state index contributed by atoms with van der Waals surface area (Å²) < 4.78 is 1.92. The molecular formula is C11H18N4. The fourth-order valence-electron chi connectivity index (χ4n) is 1.37. The molecule has 0 aliphatic rings. The second-order valence-corrected chi connectivity index (χ2v) is 3.25. The zero-order chi connectivity index (χ0) is 11.4. The smallest absolute Gasteiger partial charge is 0.161 e. The number of aromatic nitrogens is 3. The van der Waals surface area contributed by atoms with Crippen LogP contribution in [0.15, 0.2) is 18.6 Å². The van der Waals surface area contributed by atoms with Crippen LogP contribution in [0.25, 0.3) is 11.2 Å². The molecule has 0 atom stereocenters. The van der Waals surface area contributed by atoms with Gasteiger partial charge in [-0.15, -0.1) is 0 Å². The van der Waals surface area contributed by atoms with Gasteiger partial charge in [0.1, 0.15) is 5.52 Å². The van der Waals surface area contributed by atoms with E-state index in [0.717, 1.165) is 16.9 Å². The highest BCUT2D eigenvalue weighted by atomic mass is 15.1. The molecule has 2 heterocycles. The Kier molecular flexibility index (Phi) is 3.66. The fourth-order valence-corrected chi connectivity index (χ4v) is 1.37. The van der Waals surface area contributed by atoms with E-state index in [4.69, 9.17) is 0 Å². The average Bonchev–Trinajstić information content (AvgIpc) is 2.63. The summed E-state index contributed by atoms with van der Waals surface area (Å²) in [6.07, 6.45) is 3.59. The van der Waals surface area contributed by atoms with Gasteiger partial charge in [0.25, 0.3) is 0 Å². The molecule has 0 aromatic carbocycles. The highest BCUT2D eigenvalue weighted by molar-refractivity contribution is 5.85. The molecule has 0 N–H and O–H groups in total. The first-order valence-electron chi connectivity index (χ1n) is 5.13. The molecule has 0 aliphatic heterocycles. The summed E-state index contributed by atoms with van der Waals surface area (Å²) in [5, 5.41) is 0. The molecule has 0 saturated heterocycles. The highest BCUT2D eigenvalue weighted by Gasteiger charge is 2.06. The third-order valence-electron chi connectivity index (χ3n) is 2.06. The summed E-state index contributed by atoms with van der Waals surface area (Å²) in [6.45, 7) is 4.00. The van der Waals surface area contributed by atoms with Crippen molar-refractivity contribution in [2.75, 3.05) is 19.0 Å². The minimum absolute atomic E-state index is 0.922. The maximum atomic E-state index is 4.30. The Morgan fingerprint density at radius 2 is 1.87 bits per heavy atom. The lowest BCUT2D eigenvalue weighted by molar-refractivity contribution is 0.931. The van der Waals surface area contributed by atoms with Gasteiger partial charge in [-0.1, -0.05) is 13.8 Å². The zero-order valence-electron chi connectivity index (χ0n) is 10.0. The van der Waals surface area contributed by atoms with Crippen molar-refractivity contribution in [2.45, 2.75) is 13.8 Å². The second kappa shape index (κ2) is 4.77. The molecule has 82 valence electrons. The number of nitrogens with zero attached hydrogens (tertiary/aromatic N) is 4. The number of fused-ring (bicyclic) bond motifs is 1. The Hall–Kier alpha value is -1.58. The van der Waals surface area contributed by atoms with Crippen molar-refractivity contribution in [3.8, 4) is 0 Å². The van der Waals surface area contributed by atoms with Crippen LogP contribution >= 0.6 is 0 Å². The summed E-state index contributed by atoms with van der Waals surface area (Å²) in [5.74, 6) is 0. The Labute approximate surface area is 90.6 Å². The lowest BCUT2D eigenvalue weighted by Crippen LogP contribution is -2.09. The molecule has 2 aromatic rings. The maximum absolute atomic E-state index is 4.30. The van der Waals surface area contributed by atoms with Gasteiger partial charge < -0.3 is 9.47 Å². The van der Waals surface area contributed by atoms with Crippen LogP contribution in [0.3, 0.4) is 0 Å². The van der Waals surface area contributed by atoms with Gasteiger partial charge in [0.05, 0.1) is 12.0 Å². The van der Waals surface area contributed by atoms with Crippen LogP contribution in [0.1, 0.15) is 13.8 Å². The van der Waals surface area contributed by atoms with Gasteiger partial charge in [-0.25, -0.2) is 9.97 Å². The fraction of sp³-hybridized carbons (Fsp3) is 0.455. The molecule has 0 aliphatic carbocycles. The summed E-state index contributed by atoms with van der Waals surface area (Å²) in [4.78, 5) is 10.6. The molecule has 2 rings (SSSR count). The summed E-state index contributed by atoms with van der Waals surface area (Å²) >= 11 is 0. The third-order valence-corrected chi connectivity index (χ3v) is 2.06. The molecule has 0 unspecified atom stereocenters. The SMILES string of the molecule is CC.CN(C)c1ccnc2c1ncn2C. The number of hydrogen-bond acceptors (Lipinski definition) is 3. The molecule has 0 fully saturated rings. The Morgan fingerprint density at radius 3 is 2.47 bits per heavy atom. The Balaban J connectivity index is 0.000000531. The minimum Gasteiger partial charge on any atom is -0.376 e. The van der Waals surface area contributed by atoms with E-state index >= 15 is 0 Å². The predicted molar refractivity (Wildman–Crippen MR) is 64.2 cm³/mol. The van der Waals surface area contributed by atoms with Crippen LogP contribution in [-0.2, 0) is 7.05 Å². The number of aryl methyl sites for hydroxylation is 1. The number of pyridine rings is 1. The maximum Gasteiger partial charge on any atom is 0.161 e. The molecule has 15 heavy (non-hydrogen) atoms. The monoisotopic (exact) mass is 206 g/mol. The van der Waals surface area contributed by atoms with Gasteiger partial charge >= 0.3 is 0 Å². The standard InChI is InChI=1S/C9H12N4.C2H6/c1-12(2)7-4-5-10-9-8(7)11-6-13(9)3;1-2/h4-6H,1-3H3;1-2H3. The summed E-state index contributed by atoms with van der Waals surface area (Å²) in [7, 11) is 5.95. The van der Waals surface area contributed by atoms with Crippen molar-refractivity contribution in [1.82, 2.24) is 14.5 Å². The van der Waals surface area contributed by atoms with E-state index in [9.17, 15) is 0 Å². The number of hydrogen-bond donors (Lipinski definition) is 0. The Morgan fingerprint density at radius 1 is 1.20 bits per heavy atom. The minimum atomic E-state index is 0.922. The molecule has 4 heteroatoms. The van der Waals surface area contributed by atoms with Crippen molar-refractivity contribution in [3.63, 3.8) is 0 Å². The molecule has 4 nitrogen and oxygen atoms in total.